The minimum absolute atomic E-state index is 0.0858. The van der Waals surface area contributed by atoms with Gasteiger partial charge in [-0.15, -0.1) is 9.78 Å². The van der Waals surface area contributed by atoms with Crippen molar-refractivity contribution in [1.82, 2.24) is 24.5 Å². The molecular weight excluding hydrogens is 515 g/mol. The Morgan fingerprint density at radius 2 is 1.45 bits per heavy atom. The Kier molecular flexibility index (Phi) is 4.58. The average molecular weight is 546 g/mol. The van der Waals surface area contributed by atoms with Gasteiger partial charge in [-0.3, -0.25) is 0 Å². The number of pyridine rings is 2. The lowest BCUT2D eigenvalue weighted by atomic mass is 9.86. The van der Waals surface area contributed by atoms with Crippen molar-refractivity contribution in [1.29, 1.82) is 0 Å². The standard InChI is InChI=1S/C30H30F3N7/c1-17-14-23-22-16-20(28(5,6)7)11-13-37(22)30(39(23)35-17)38-12-10-18-15-19(27(2,3)4)8-9-21(18)24(38)25-34-26(29(31,32)33)36-40(25)30/h8-16H,1-7H3/q+2. The number of halogens is 3. The SMILES string of the molecule is Cc1cc2n(n1)C1(n3nc(C(F)(F)F)nc3-c3c4ccc(C(C)(C)C)cc4cc[n+]31)[n+]1ccc(C(C)(C)C)cc1-2. The van der Waals surface area contributed by atoms with Crippen molar-refractivity contribution < 1.29 is 22.3 Å². The number of nitrogens with zero attached hydrogens (tertiary/aromatic N) is 7. The van der Waals surface area contributed by atoms with Gasteiger partial charge in [0, 0.05) is 18.2 Å². The van der Waals surface area contributed by atoms with Crippen LogP contribution in [0.15, 0.2) is 54.9 Å². The van der Waals surface area contributed by atoms with Gasteiger partial charge in [-0.1, -0.05) is 67.5 Å². The maximum Gasteiger partial charge on any atom is 0.584 e. The summed E-state index contributed by atoms with van der Waals surface area (Å²) < 4.78 is 49.3. The molecule has 1 unspecified atom stereocenters. The first-order valence-electron chi connectivity index (χ1n) is 13.3. The van der Waals surface area contributed by atoms with Crippen molar-refractivity contribution in [3.63, 3.8) is 0 Å². The highest BCUT2D eigenvalue weighted by molar-refractivity contribution is 5.92. The Morgan fingerprint density at radius 3 is 2.12 bits per heavy atom. The van der Waals surface area contributed by atoms with Crippen LogP contribution in [0.1, 0.15) is 64.2 Å². The monoisotopic (exact) mass is 545 g/mol. The Labute approximate surface area is 229 Å². The zero-order valence-electron chi connectivity index (χ0n) is 23.5. The molecule has 1 aromatic carbocycles. The molecule has 0 bridgehead atoms. The second kappa shape index (κ2) is 7.35. The molecule has 1 atom stereocenters. The van der Waals surface area contributed by atoms with Crippen LogP contribution < -0.4 is 9.13 Å². The van der Waals surface area contributed by atoms with E-state index in [4.69, 9.17) is 5.10 Å². The summed E-state index contributed by atoms with van der Waals surface area (Å²) in [5.74, 6) is -2.43. The minimum Gasteiger partial charge on any atom is -0.197 e. The van der Waals surface area contributed by atoms with E-state index in [1.807, 2.05) is 58.8 Å². The number of alkyl halides is 3. The van der Waals surface area contributed by atoms with Crippen LogP contribution in [0, 0.1) is 6.92 Å². The smallest absolute Gasteiger partial charge is 0.197 e. The van der Waals surface area contributed by atoms with Crippen molar-refractivity contribution >= 4 is 10.8 Å². The van der Waals surface area contributed by atoms with Crippen molar-refractivity contribution in [2.24, 2.45) is 0 Å². The molecule has 7 nitrogen and oxygen atoms in total. The molecule has 6 heterocycles. The Morgan fingerprint density at radius 1 is 0.775 bits per heavy atom. The van der Waals surface area contributed by atoms with Gasteiger partial charge in [-0.05, 0) is 46.4 Å². The summed E-state index contributed by atoms with van der Waals surface area (Å²) in [4.78, 5) is 4.10. The largest absolute Gasteiger partial charge is 0.584 e. The van der Waals surface area contributed by atoms with E-state index in [0.717, 1.165) is 39.0 Å². The van der Waals surface area contributed by atoms with Crippen LogP contribution in [-0.4, -0.2) is 24.5 Å². The average Bonchev–Trinajstić information content (AvgIpc) is 3.58. The van der Waals surface area contributed by atoms with E-state index >= 15 is 0 Å². The molecule has 40 heavy (non-hydrogen) atoms. The summed E-state index contributed by atoms with van der Waals surface area (Å²) in [6.07, 6.45) is -0.875. The third-order valence-corrected chi connectivity index (χ3v) is 8.02. The van der Waals surface area contributed by atoms with E-state index in [1.54, 1.807) is 4.68 Å². The van der Waals surface area contributed by atoms with Crippen LogP contribution in [0.3, 0.4) is 0 Å². The zero-order valence-corrected chi connectivity index (χ0v) is 23.5. The first-order valence-corrected chi connectivity index (χ1v) is 13.3. The third-order valence-electron chi connectivity index (χ3n) is 8.02. The lowest BCUT2D eigenvalue weighted by Crippen LogP contribution is -2.77. The fourth-order valence-electron chi connectivity index (χ4n) is 5.96. The molecule has 0 saturated carbocycles. The number of aromatic nitrogens is 7. The predicted molar refractivity (Wildman–Crippen MR) is 142 cm³/mol. The van der Waals surface area contributed by atoms with Gasteiger partial charge in [0.1, 0.15) is 5.69 Å². The number of hydrogen-bond acceptors (Lipinski definition) is 3. The van der Waals surface area contributed by atoms with E-state index in [-0.39, 0.29) is 16.7 Å². The normalized spacial score (nSPS) is 17.9. The molecule has 0 radical (unpaired) electrons. The van der Waals surface area contributed by atoms with Gasteiger partial charge in [0.15, 0.2) is 12.4 Å². The first kappa shape index (κ1) is 24.9. The maximum atomic E-state index is 14.1. The molecule has 7 rings (SSSR count). The van der Waals surface area contributed by atoms with E-state index in [2.05, 4.69) is 63.8 Å². The molecule has 1 spiro atoms. The van der Waals surface area contributed by atoms with Crippen LogP contribution in [0.4, 0.5) is 13.2 Å². The van der Waals surface area contributed by atoms with Gasteiger partial charge in [0.25, 0.3) is 11.5 Å². The van der Waals surface area contributed by atoms with Crippen LogP contribution in [-0.2, 0) is 22.9 Å². The summed E-state index contributed by atoms with van der Waals surface area (Å²) in [6.45, 7) is 14.7. The van der Waals surface area contributed by atoms with Gasteiger partial charge in [-0.2, -0.15) is 23.3 Å². The molecule has 5 aromatic rings. The Balaban J connectivity index is 1.63. The number of rotatable bonds is 0. The number of benzene rings is 1. The molecule has 0 aliphatic carbocycles. The molecule has 2 aliphatic rings. The highest BCUT2D eigenvalue weighted by atomic mass is 19.4. The van der Waals surface area contributed by atoms with E-state index in [9.17, 15) is 13.2 Å². The van der Waals surface area contributed by atoms with Crippen molar-refractivity contribution in [3.05, 3.63) is 77.5 Å². The van der Waals surface area contributed by atoms with E-state index in [1.165, 1.54) is 4.68 Å². The van der Waals surface area contributed by atoms with Gasteiger partial charge < -0.3 is 0 Å². The third kappa shape index (κ3) is 3.10. The van der Waals surface area contributed by atoms with E-state index in [0.29, 0.717) is 5.69 Å². The molecule has 4 aromatic heterocycles. The molecule has 0 amide bonds. The van der Waals surface area contributed by atoms with Crippen molar-refractivity contribution in [3.8, 4) is 22.9 Å². The second-order valence-electron chi connectivity index (χ2n) is 12.9. The molecule has 2 aliphatic heterocycles. The second-order valence-corrected chi connectivity index (χ2v) is 12.9. The van der Waals surface area contributed by atoms with Crippen LogP contribution in [0.5, 0.6) is 0 Å². The van der Waals surface area contributed by atoms with E-state index < -0.39 is 17.9 Å². The fourth-order valence-corrected chi connectivity index (χ4v) is 5.96. The Hall–Kier alpha value is -4.08. The van der Waals surface area contributed by atoms with Crippen molar-refractivity contribution in [2.75, 3.05) is 0 Å². The topological polar surface area (TPSA) is 56.3 Å². The molecule has 0 N–H and O–H groups in total. The lowest BCUT2D eigenvalue weighted by Gasteiger charge is -2.20. The quantitative estimate of drug-likeness (QED) is 0.243. The number of hydrogen-bond donors (Lipinski definition) is 0. The summed E-state index contributed by atoms with van der Waals surface area (Å²) in [7, 11) is 0. The summed E-state index contributed by atoms with van der Waals surface area (Å²) in [6, 6.07) is 14.2. The molecular formula is C30H30F3N7+2. The first-order chi connectivity index (χ1) is 18.6. The van der Waals surface area contributed by atoms with Gasteiger partial charge in [0.2, 0.25) is 11.5 Å². The fraction of sp³-hybridized carbons (Fsp3) is 0.367. The number of fused-ring (bicyclic) bond motifs is 12. The summed E-state index contributed by atoms with van der Waals surface area (Å²) >= 11 is 0. The van der Waals surface area contributed by atoms with Gasteiger partial charge >= 0.3 is 12.1 Å². The molecule has 0 fully saturated rings. The summed E-state index contributed by atoms with van der Waals surface area (Å²) in [5.41, 5.74) is 4.97. The Bertz CT molecular complexity index is 1880. The van der Waals surface area contributed by atoms with Gasteiger partial charge in [-0.25, -0.2) is 0 Å². The highest BCUT2D eigenvalue weighted by Gasteiger charge is 2.71. The molecule has 10 heteroatoms. The summed E-state index contributed by atoms with van der Waals surface area (Å²) in [5, 5.41) is 10.7. The highest BCUT2D eigenvalue weighted by Crippen LogP contribution is 2.42. The predicted octanol–water partition coefficient (Wildman–Crippen LogP) is 5.30. The molecule has 204 valence electrons. The number of aryl methyl sites for hydroxylation is 1. The van der Waals surface area contributed by atoms with Crippen LogP contribution in [0.25, 0.3) is 33.7 Å². The van der Waals surface area contributed by atoms with Crippen molar-refractivity contribution in [2.45, 2.75) is 71.4 Å². The minimum atomic E-state index is -4.71. The van der Waals surface area contributed by atoms with Crippen LogP contribution >= 0.6 is 0 Å². The zero-order chi connectivity index (χ0) is 28.6. The maximum absolute atomic E-state index is 14.1. The van der Waals surface area contributed by atoms with Crippen LogP contribution in [0.2, 0.25) is 0 Å². The lowest BCUT2D eigenvalue weighted by molar-refractivity contribution is -0.990. The molecule has 0 saturated heterocycles. The van der Waals surface area contributed by atoms with Gasteiger partial charge in [0.05, 0.1) is 11.1 Å².